The van der Waals surface area contributed by atoms with E-state index in [1.54, 1.807) is 12.1 Å². The van der Waals surface area contributed by atoms with E-state index < -0.39 is 0 Å². The number of aromatic hydroxyl groups is 1. The number of likely N-dealkylation sites (tertiary alicyclic amines) is 1. The van der Waals surface area contributed by atoms with Crippen molar-refractivity contribution in [1.82, 2.24) is 14.9 Å². The van der Waals surface area contributed by atoms with Crippen LogP contribution in [0, 0.1) is 0 Å². The van der Waals surface area contributed by atoms with Gasteiger partial charge in [-0.3, -0.25) is 4.90 Å². The van der Waals surface area contributed by atoms with Gasteiger partial charge in [-0.15, -0.1) is 0 Å². The third kappa shape index (κ3) is 3.47. The number of fused-ring (bicyclic) bond motifs is 2. The smallest absolute Gasteiger partial charge is 0.115 e. The molecular weight excluding hydrogens is 394 g/mol. The molecule has 0 bridgehead atoms. The van der Waals surface area contributed by atoms with Crippen molar-refractivity contribution in [2.45, 2.75) is 25.8 Å². The Morgan fingerprint density at radius 2 is 1.53 bits per heavy atom. The maximum atomic E-state index is 9.64. The van der Waals surface area contributed by atoms with E-state index in [0.717, 1.165) is 23.4 Å². The second-order valence-electron chi connectivity index (χ2n) is 8.93. The van der Waals surface area contributed by atoms with Crippen molar-refractivity contribution in [2.75, 3.05) is 13.1 Å². The zero-order valence-corrected chi connectivity index (χ0v) is 18.1. The molecular formula is C28H27N3O. The summed E-state index contributed by atoms with van der Waals surface area (Å²) in [5, 5.41) is 13.3. The summed E-state index contributed by atoms with van der Waals surface area (Å²) in [4.78, 5) is 9.49. The van der Waals surface area contributed by atoms with Crippen molar-refractivity contribution in [3.8, 4) is 28.1 Å². The predicted octanol–water partition coefficient (Wildman–Crippen LogP) is 6.67. The van der Waals surface area contributed by atoms with E-state index in [2.05, 4.69) is 63.7 Å². The molecule has 0 radical (unpaired) electrons. The molecule has 0 saturated carbocycles. The Bertz CT molecular complexity index is 1390. The topological polar surface area (TPSA) is 55.0 Å². The van der Waals surface area contributed by atoms with Crippen LogP contribution in [0.2, 0.25) is 0 Å². The normalized spacial score (nSPS) is 15.0. The molecule has 5 aromatic rings. The lowest BCUT2D eigenvalue weighted by atomic mass is 9.96. The Morgan fingerprint density at radius 1 is 0.781 bits per heavy atom. The van der Waals surface area contributed by atoms with Gasteiger partial charge < -0.3 is 15.1 Å². The lowest BCUT2D eigenvalue weighted by molar-refractivity contribution is 0.221. The highest BCUT2D eigenvalue weighted by molar-refractivity contribution is 6.05. The molecule has 4 nitrogen and oxygen atoms in total. The van der Waals surface area contributed by atoms with Gasteiger partial charge in [0.25, 0.3) is 0 Å². The van der Waals surface area contributed by atoms with Gasteiger partial charge in [-0.25, -0.2) is 0 Å². The minimum atomic E-state index is 0.286. The van der Waals surface area contributed by atoms with Gasteiger partial charge in [0, 0.05) is 51.9 Å². The first-order valence-electron chi connectivity index (χ1n) is 11.5. The fourth-order valence-corrected chi connectivity index (χ4v) is 5.08. The number of phenolic OH excluding ortho intramolecular Hbond substituents is 1. The molecule has 0 amide bonds. The Balaban J connectivity index is 1.37. The molecule has 2 aromatic heterocycles. The third-order valence-electron chi connectivity index (χ3n) is 6.75. The SMILES string of the molecule is Oc1ccc(-c2ccc(-c3cc4cc(CN5CCCCC5)ccc4[nH]3)c3c[nH]cc23)cc1. The maximum Gasteiger partial charge on any atom is 0.115 e. The first kappa shape index (κ1) is 19.2. The molecule has 1 saturated heterocycles. The number of rotatable bonds is 4. The van der Waals surface area contributed by atoms with Gasteiger partial charge in [0.05, 0.1) is 0 Å². The van der Waals surface area contributed by atoms with Crippen LogP contribution < -0.4 is 0 Å². The molecule has 32 heavy (non-hydrogen) atoms. The van der Waals surface area contributed by atoms with Gasteiger partial charge in [-0.05, 0) is 73.0 Å². The number of piperidine rings is 1. The maximum absolute atomic E-state index is 9.64. The highest BCUT2D eigenvalue weighted by Gasteiger charge is 2.14. The molecule has 1 fully saturated rings. The third-order valence-corrected chi connectivity index (χ3v) is 6.75. The van der Waals surface area contributed by atoms with E-state index in [4.69, 9.17) is 0 Å². The van der Waals surface area contributed by atoms with Crippen LogP contribution in [0.25, 0.3) is 44.1 Å². The van der Waals surface area contributed by atoms with Gasteiger partial charge in [-0.2, -0.15) is 0 Å². The number of nitrogens with zero attached hydrogens (tertiary/aromatic N) is 1. The summed E-state index contributed by atoms with van der Waals surface area (Å²) in [6.45, 7) is 3.48. The fourth-order valence-electron chi connectivity index (χ4n) is 5.08. The Kier molecular flexibility index (Phi) is 4.73. The molecule has 3 aromatic carbocycles. The van der Waals surface area contributed by atoms with Crippen LogP contribution in [-0.4, -0.2) is 33.1 Å². The quantitative estimate of drug-likeness (QED) is 0.303. The van der Waals surface area contributed by atoms with Crippen LogP contribution in [0.5, 0.6) is 5.75 Å². The molecule has 0 atom stereocenters. The van der Waals surface area contributed by atoms with Gasteiger partial charge in [0.1, 0.15) is 5.75 Å². The lowest BCUT2D eigenvalue weighted by Gasteiger charge is -2.26. The highest BCUT2D eigenvalue weighted by atomic mass is 16.3. The van der Waals surface area contributed by atoms with Crippen molar-refractivity contribution >= 4 is 21.7 Å². The molecule has 1 aliphatic rings. The number of aromatic nitrogens is 2. The van der Waals surface area contributed by atoms with E-state index in [1.807, 2.05) is 12.1 Å². The second kappa shape index (κ2) is 7.88. The monoisotopic (exact) mass is 421 g/mol. The zero-order chi connectivity index (χ0) is 21.5. The predicted molar refractivity (Wildman–Crippen MR) is 132 cm³/mol. The Hall–Kier alpha value is -3.50. The minimum absolute atomic E-state index is 0.286. The van der Waals surface area contributed by atoms with E-state index in [-0.39, 0.29) is 5.75 Å². The van der Waals surface area contributed by atoms with Crippen molar-refractivity contribution < 1.29 is 5.11 Å². The summed E-state index contributed by atoms with van der Waals surface area (Å²) >= 11 is 0. The number of nitrogens with one attached hydrogen (secondary N) is 2. The molecule has 3 heterocycles. The number of aromatic amines is 2. The van der Waals surface area contributed by atoms with Gasteiger partial charge in [0.2, 0.25) is 0 Å². The minimum Gasteiger partial charge on any atom is -0.508 e. The fraction of sp³-hybridized carbons (Fsp3) is 0.214. The molecule has 6 rings (SSSR count). The Morgan fingerprint density at radius 3 is 2.34 bits per heavy atom. The summed E-state index contributed by atoms with van der Waals surface area (Å²) in [7, 11) is 0. The zero-order valence-electron chi connectivity index (χ0n) is 18.1. The molecule has 0 spiro atoms. The number of H-pyrrole nitrogens is 2. The summed E-state index contributed by atoms with van der Waals surface area (Å²) in [6.07, 6.45) is 8.14. The number of benzene rings is 3. The van der Waals surface area contributed by atoms with E-state index in [1.165, 1.54) is 65.2 Å². The number of phenols is 1. The lowest BCUT2D eigenvalue weighted by Crippen LogP contribution is -2.28. The van der Waals surface area contributed by atoms with Gasteiger partial charge in [0.15, 0.2) is 0 Å². The van der Waals surface area contributed by atoms with E-state index in [0.29, 0.717) is 0 Å². The van der Waals surface area contributed by atoms with Crippen LogP contribution in [0.15, 0.2) is 73.1 Å². The van der Waals surface area contributed by atoms with Gasteiger partial charge in [-0.1, -0.05) is 36.8 Å². The van der Waals surface area contributed by atoms with E-state index in [9.17, 15) is 5.11 Å². The van der Waals surface area contributed by atoms with E-state index >= 15 is 0 Å². The molecule has 0 aliphatic carbocycles. The number of hydrogen-bond acceptors (Lipinski definition) is 2. The molecule has 4 heteroatoms. The van der Waals surface area contributed by atoms with Crippen LogP contribution in [0.4, 0.5) is 0 Å². The van der Waals surface area contributed by atoms with Crippen LogP contribution in [0.3, 0.4) is 0 Å². The van der Waals surface area contributed by atoms with Crippen LogP contribution in [0.1, 0.15) is 24.8 Å². The molecule has 160 valence electrons. The van der Waals surface area contributed by atoms with Crippen molar-refractivity contribution in [3.63, 3.8) is 0 Å². The Labute approximate surface area is 187 Å². The average molecular weight is 422 g/mol. The second-order valence-corrected chi connectivity index (χ2v) is 8.93. The van der Waals surface area contributed by atoms with Crippen LogP contribution in [-0.2, 0) is 6.54 Å². The average Bonchev–Trinajstić information content (AvgIpc) is 3.47. The largest absolute Gasteiger partial charge is 0.508 e. The van der Waals surface area contributed by atoms with Crippen molar-refractivity contribution in [1.29, 1.82) is 0 Å². The summed E-state index contributed by atoms with van der Waals surface area (Å²) in [5.41, 5.74) is 7.14. The molecule has 0 unspecified atom stereocenters. The van der Waals surface area contributed by atoms with Crippen molar-refractivity contribution in [2.24, 2.45) is 0 Å². The van der Waals surface area contributed by atoms with Crippen molar-refractivity contribution in [3.05, 3.63) is 78.6 Å². The first-order chi connectivity index (χ1) is 15.7. The molecule has 3 N–H and O–H groups in total. The standard InChI is InChI=1S/C28H27N3O/c32-22-7-5-20(6-8-22)23-9-10-24(26-17-29-16-25(23)26)28-15-21-14-19(4-11-27(21)30-28)18-31-12-2-1-3-13-31/h4-11,14-17,29-30,32H,1-3,12-13,18H2. The number of hydrogen-bond donors (Lipinski definition) is 3. The summed E-state index contributed by atoms with van der Waals surface area (Å²) in [5.74, 6) is 0.286. The first-order valence-corrected chi connectivity index (χ1v) is 11.5. The van der Waals surface area contributed by atoms with Gasteiger partial charge >= 0.3 is 0 Å². The summed E-state index contributed by atoms with van der Waals surface area (Å²) in [6, 6.07) is 20.9. The molecule has 1 aliphatic heterocycles. The highest BCUT2D eigenvalue weighted by Crippen LogP contribution is 2.37. The summed E-state index contributed by atoms with van der Waals surface area (Å²) < 4.78 is 0. The van der Waals surface area contributed by atoms with Crippen LogP contribution >= 0.6 is 0 Å².